The van der Waals surface area contributed by atoms with Crippen LogP contribution in [0.4, 0.5) is 0 Å². The van der Waals surface area contributed by atoms with Gasteiger partial charge in [0.1, 0.15) is 6.79 Å². The molecule has 0 rings (SSSR count). The molecule has 0 spiro atoms. The number of hydrogen-bond donors (Lipinski definition) is 0. The van der Waals surface area contributed by atoms with E-state index in [1.165, 1.54) is 0 Å². The van der Waals surface area contributed by atoms with E-state index < -0.39 is 20.8 Å². The zero-order valence-electron chi connectivity index (χ0n) is 18.3. The highest BCUT2D eigenvalue weighted by atomic mass is 32.3. The molecule has 0 bridgehead atoms. The van der Waals surface area contributed by atoms with E-state index in [1.807, 2.05) is 62.2 Å². The van der Waals surface area contributed by atoms with Crippen LogP contribution < -0.4 is 0 Å². The Kier molecular flexibility index (Phi) is 19.8. The number of carbonyl (C=O) groups excluding carboxylic acids is 1. The summed E-state index contributed by atoms with van der Waals surface area (Å²) in [5, 5.41) is 0. The summed E-state index contributed by atoms with van der Waals surface area (Å²) < 4.78 is 62.3. The minimum Gasteiger partial charge on any atom is -0.307 e. The fourth-order valence-corrected chi connectivity index (χ4v) is 2.84. The predicted molar refractivity (Wildman–Crippen MR) is 108 cm³/mol. The van der Waals surface area contributed by atoms with Crippen molar-refractivity contribution in [3.8, 4) is 0 Å². The summed E-state index contributed by atoms with van der Waals surface area (Å²) in [4.78, 5) is 8.00. The lowest BCUT2D eigenvalue weighted by Crippen LogP contribution is -2.16. The highest BCUT2D eigenvalue weighted by Crippen LogP contribution is 2.04. The summed E-state index contributed by atoms with van der Waals surface area (Å²) in [5.41, 5.74) is 0. The standard InChI is InChI=1S/2C8H18O4S.CH2O/c2*1-7(2)5-11-13(9,10)12-6-8(3)4;1-2/h2*7-8H,5-6H2,1-4H3;1H2. The van der Waals surface area contributed by atoms with Crippen molar-refractivity contribution in [2.45, 2.75) is 55.4 Å². The Balaban J connectivity index is -0.000000410. The number of rotatable bonds is 12. The van der Waals surface area contributed by atoms with Crippen molar-refractivity contribution in [2.75, 3.05) is 26.4 Å². The topological polar surface area (TPSA) is 122 Å². The van der Waals surface area contributed by atoms with Crippen molar-refractivity contribution in [1.29, 1.82) is 0 Å². The van der Waals surface area contributed by atoms with Crippen molar-refractivity contribution < 1.29 is 38.4 Å². The van der Waals surface area contributed by atoms with Crippen LogP contribution in [0.3, 0.4) is 0 Å². The Morgan fingerprint density at radius 2 is 0.643 bits per heavy atom. The highest BCUT2D eigenvalue weighted by Gasteiger charge is 2.14. The van der Waals surface area contributed by atoms with Gasteiger partial charge in [0.25, 0.3) is 0 Å². The van der Waals surface area contributed by atoms with E-state index in [1.54, 1.807) is 0 Å². The minimum absolute atomic E-state index is 0.167. The van der Waals surface area contributed by atoms with Crippen LogP contribution >= 0.6 is 0 Å². The Labute approximate surface area is 171 Å². The smallest absolute Gasteiger partial charge is 0.307 e. The van der Waals surface area contributed by atoms with E-state index in [-0.39, 0.29) is 50.1 Å². The molecule has 0 amide bonds. The molecule has 0 aliphatic carbocycles. The van der Waals surface area contributed by atoms with E-state index in [2.05, 4.69) is 16.7 Å². The van der Waals surface area contributed by atoms with Gasteiger partial charge >= 0.3 is 20.8 Å². The minimum atomic E-state index is -3.77. The lowest BCUT2D eigenvalue weighted by Gasteiger charge is -2.08. The Hall–Kier alpha value is -0.590. The van der Waals surface area contributed by atoms with Crippen LogP contribution in [0, 0.1) is 23.7 Å². The van der Waals surface area contributed by atoms with Gasteiger partial charge in [0.15, 0.2) is 0 Å². The van der Waals surface area contributed by atoms with Crippen LogP contribution in [-0.4, -0.2) is 50.1 Å². The van der Waals surface area contributed by atoms with E-state index in [0.29, 0.717) is 0 Å². The second-order valence-electron chi connectivity index (χ2n) is 7.53. The number of carbonyl (C=O) groups is 1. The van der Waals surface area contributed by atoms with Crippen LogP contribution in [0.5, 0.6) is 0 Å². The zero-order chi connectivity index (χ0) is 23.0. The highest BCUT2D eigenvalue weighted by molar-refractivity contribution is 7.82. The molecule has 0 heterocycles. The second-order valence-corrected chi connectivity index (χ2v) is 10.1. The summed E-state index contributed by atoms with van der Waals surface area (Å²) >= 11 is 0. The van der Waals surface area contributed by atoms with Gasteiger partial charge in [0, 0.05) is 0 Å². The van der Waals surface area contributed by atoms with Crippen LogP contribution in [0.15, 0.2) is 0 Å². The van der Waals surface area contributed by atoms with Gasteiger partial charge in [-0.2, -0.15) is 16.8 Å². The van der Waals surface area contributed by atoms with Crippen LogP contribution in [-0.2, 0) is 42.3 Å². The largest absolute Gasteiger partial charge is 0.399 e. The first-order valence-electron chi connectivity index (χ1n) is 9.03. The molecule has 0 atom stereocenters. The van der Waals surface area contributed by atoms with E-state index in [0.717, 1.165) is 0 Å². The van der Waals surface area contributed by atoms with Gasteiger partial charge in [-0.25, -0.2) is 16.7 Å². The second kappa shape index (κ2) is 17.3. The maximum Gasteiger partial charge on any atom is 0.399 e. The van der Waals surface area contributed by atoms with Crippen LogP contribution in [0.2, 0.25) is 0 Å². The molecule has 0 N–H and O–H groups in total. The molecule has 172 valence electrons. The summed E-state index contributed by atoms with van der Waals surface area (Å²) in [5.74, 6) is 0.713. The average molecular weight is 451 g/mol. The quantitative estimate of drug-likeness (QED) is 0.441. The van der Waals surface area contributed by atoms with Gasteiger partial charge in [-0.3, -0.25) is 0 Å². The van der Waals surface area contributed by atoms with Gasteiger partial charge in [0.05, 0.1) is 26.4 Å². The van der Waals surface area contributed by atoms with Crippen LogP contribution in [0.1, 0.15) is 55.4 Å². The molecule has 0 radical (unpaired) electrons. The first kappa shape index (κ1) is 32.1. The fourth-order valence-electron chi connectivity index (χ4n) is 0.946. The summed E-state index contributed by atoms with van der Waals surface area (Å²) in [7, 11) is -7.54. The van der Waals surface area contributed by atoms with Crippen molar-refractivity contribution in [2.24, 2.45) is 23.7 Å². The normalized spacial score (nSPS) is 12.0. The van der Waals surface area contributed by atoms with Crippen molar-refractivity contribution in [3.63, 3.8) is 0 Å². The Morgan fingerprint density at radius 3 is 0.750 bits per heavy atom. The van der Waals surface area contributed by atoms with Gasteiger partial charge in [0.2, 0.25) is 0 Å². The molecule has 0 saturated carbocycles. The molecule has 0 unspecified atom stereocenters. The molecule has 11 heteroatoms. The summed E-state index contributed by atoms with van der Waals surface area (Å²) in [6, 6.07) is 0. The maximum atomic E-state index is 11.0. The van der Waals surface area contributed by atoms with Gasteiger partial charge in [-0.1, -0.05) is 55.4 Å². The van der Waals surface area contributed by atoms with E-state index in [9.17, 15) is 16.8 Å². The fraction of sp³-hybridized carbons (Fsp3) is 0.941. The molecule has 0 aromatic rings. The third-order valence-corrected chi connectivity index (χ3v) is 3.88. The Bertz CT molecular complexity index is 467. The zero-order valence-corrected chi connectivity index (χ0v) is 20.0. The molecule has 28 heavy (non-hydrogen) atoms. The molecule has 0 aromatic carbocycles. The van der Waals surface area contributed by atoms with Crippen molar-refractivity contribution >= 4 is 27.6 Å². The third-order valence-electron chi connectivity index (χ3n) is 2.18. The summed E-state index contributed by atoms with van der Waals surface area (Å²) in [6.07, 6.45) is 0. The third kappa shape index (κ3) is 27.6. The van der Waals surface area contributed by atoms with Gasteiger partial charge < -0.3 is 4.79 Å². The van der Waals surface area contributed by atoms with E-state index >= 15 is 0 Å². The average Bonchev–Trinajstić information content (AvgIpc) is 2.58. The molecule has 0 aliphatic rings. The molecule has 0 saturated heterocycles. The monoisotopic (exact) mass is 450 g/mol. The molecular formula is C17H38O9S2. The predicted octanol–water partition coefficient (Wildman–Crippen LogP) is 2.97. The summed E-state index contributed by atoms with van der Waals surface area (Å²) in [6.45, 7) is 17.7. The molecule has 0 fully saturated rings. The van der Waals surface area contributed by atoms with Crippen molar-refractivity contribution in [1.82, 2.24) is 0 Å². The Morgan fingerprint density at radius 1 is 0.500 bits per heavy atom. The number of hydrogen-bond acceptors (Lipinski definition) is 9. The van der Waals surface area contributed by atoms with Gasteiger partial charge in [-0.15, -0.1) is 0 Å². The molecule has 9 nitrogen and oxygen atoms in total. The first-order chi connectivity index (χ1) is 12.7. The first-order valence-corrected chi connectivity index (χ1v) is 11.7. The molecule has 0 aliphatic heterocycles. The molecular weight excluding hydrogens is 412 g/mol. The van der Waals surface area contributed by atoms with E-state index in [4.69, 9.17) is 4.79 Å². The van der Waals surface area contributed by atoms with Crippen LogP contribution in [0.25, 0.3) is 0 Å². The van der Waals surface area contributed by atoms with Gasteiger partial charge in [-0.05, 0) is 23.7 Å². The SMILES string of the molecule is C=O.CC(C)COS(=O)(=O)OCC(C)C.CC(C)COS(=O)(=O)OCC(C)C. The lowest BCUT2D eigenvalue weighted by molar-refractivity contribution is -0.0980. The van der Waals surface area contributed by atoms with Crippen molar-refractivity contribution in [3.05, 3.63) is 0 Å². The molecule has 0 aromatic heterocycles. The lowest BCUT2D eigenvalue weighted by atomic mass is 10.2. The maximum absolute atomic E-state index is 11.0.